The molecule has 2 aromatic rings. The van der Waals surface area contributed by atoms with Gasteiger partial charge >= 0.3 is 0 Å². The first kappa shape index (κ1) is 17.8. The van der Waals surface area contributed by atoms with Crippen LogP contribution in [-0.2, 0) is 6.54 Å². The van der Waals surface area contributed by atoms with Gasteiger partial charge in [0.05, 0.1) is 18.2 Å². The molecule has 2 N–H and O–H groups in total. The van der Waals surface area contributed by atoms with Crippen LogP contribution in [0.2, 0.25) is 5.02 Å². The van der Waals surface area contributed by atoms with Crippen molar-refractivity contribution in [2.24, 2.45) is 0 Å². The van der Waals surface area contributed by atoms with Crippen LogP contribution < -0.4 is 10.1 Å². The number of halogens is 1. The molecule has 2 aromatic carbocycles. The van der Waals surface area contributed by atoms with E-state index >= 15 is 0 Å². The Morgan fingerprint density at radius 1 is 1.17 bits per heavy atom. The van der Waals surface area contributed by atoms with Crippen LogP contribution in [0.4, 0.5) is 0 Å². The van der Waals surface area contributed by atoms with Crippen LogP contribution in [-0.4, -0.2) is 24.9 Å². The van der Waals surface area contributed by atoms with Crippen molar-refractivity contribution >= 4 is 11.6 Å². The molecule has 2 atom stereocenters. The first-order chi connectivity index (χ1) is 11.1. The van der Waals surface area contributed by atoms with Crippen molar-refractivity contribution in [2.45, 2.75) is 31.9 Å². The number of nitrogens with one attached hydrogen (secondary N) is 1. The molecule has 124 valence electrons. The number of benzene rings is 2. The van der Waals surface area contributed by atoms with Crippen LogP contribution in [0.15, 0.2) is 48.5 Å². The second-order valence-corrected chi connectivity index (χ2v) is 6.20. The third-order valence-electron chi connectivity index (χ3n) is 3.83. The molecule has 2 unspecified atom stereocenters. The number of aliphatic hydroxyl groups is 1. The van der Waals surface area contributed by atoms with Gasteiger partial charge < -0.3 is 15.2 Å². The second-order valence-electron chi connectivity index (χ2n) is 5.79. The first-order valence-electron chi connectivity index (χ1n) is 7.86. The number of hydrogen-bond acceptors (Lipinski definition) is 3. The molecule has 0 aliphatic heterocycles. The third kappa shape index (κ3) is 5.54. The zero-order valence-corrected chi connectivity index (χ0v) is 14.4. The zero-order valence-electron chi connectivity index (χ0n) is 13.6. The topological polar surface area (TPSA) is 41.5 Å². The number of hydrogen-bond donors (Lipinski definition) is 2. The summed E-state index contributed by atoms with van der Waals surface area (Å²) >= 11 is 6.15. The van der Waals surface area contributed by atoms with Crippen LogP contribution in [0.25, 0.3) is 0 Å². The third-order valence-corrected chi connectivity index (χ3v) is 4.13. The summed E-state index contributed by atoms with van der Waals surface area (Å²) in [4.78, 5) is 0. The summed E-state index contributed by atoms with van der Waals surface area (Å²) in [6.07, 6.45) is 0.415. The van der Waals surface area contributed by atoms with Crippen LogP contribution in [0, 0.1) is 0 Å². The minimum absolute atomic E-state index is 0.282. The van der Waals surface area contributed by atoms with E-state index in [9.17, 15) is 5.11 Å². The Bertz CT molecular complexity index is 602. The summed E-state index contributed by atoms with van der Waals surface area (Å²) in [5, 5.41) is 13.8. The highest BCUT2D eigenvalue weighted by Gasteiger charge is 2.13. The Balaban J connectivity index is 1.95. The fourth-order valence-corrected chi connectivity index (χ4v) is 2.97. The predicted molar refractivity (Wildman–Crippen MR) is 95.2 cm³/mol. The van der Waals surface area contributed by atoms with Crippen LogP contribution in [0.3, 0.4) is 0 Å². The number of ether oxygens (including phenoxy) is 1. The number of rotatable bonds is 8. The zero-order chi connectivity index (χ0) is 16.7. The number of methoxy groups -OCH3 is 1. The molecular weight excluding hydrogens is 310 g/mol. The van der Waals surface area contributed by atoms with Crippen molar-refractivity contribution in [3.8, 4) is 5.75 Å². The average molecular weight is 334 g/mol. The first-order valence-corrected chi connectivity index (χ1v) is 8.24. The molecule has 0 aromatic heterocycles. The van der Waals surface area contributed by atoms with Gasteiger partial charge in [0, 0.05) is 13.1 Å². The van der Waals surface area contributed by atoms with Crippen molar-refractivity contribution in [2.75, 3.05) is 13.7 Å². The van der Waals surface area contributed by atoms with Crippen molar-refractivity contribution in [3.05, 3.63) is 64.7 Å². The summed E-state index contributed by atoms with van der Waals surface area (Å²) in [6, 6.07) is 16.1. The van der Waals surface area contributed by atoms with Crippen molar-refractivity contribution in [1.29, 1.82) is 0 Å². The van der Waals surface area contributed by atoms with Gasteiger partial charge in [-0.2, -0.15) is 0 Å². The molecule has 0 aliphatic rings. The maximum Gasteiger partial charge on any atom is 0.137 e. The smallest absolute Gasteiger partial charge is 0.137 e. The molecule has 4 heteroatoms. The summed E-state index contributed by atoms with van der Waals surface area (Å²) in [6.45, 7) is 3.37. The summed E-state index contributed by atoms with van der Waals surface area (Å²) in [5.74, 6) is 0.969. The van der Waals surface area contributed by atoms with E-state index in [1.807, 2.05) is 43.3 Å². The molecule has 0 saturated carbocycles. The minimum atomic E-state index is -0.322. The fourth-order valence-electron chi connectivity index (χ4n) is 2.68. The van der Waals surface area contributed by atoms with Gasteiger partial charge in [0.2, 0.25) is 0 Å². The normalized spacial score (nSPS) is 13.6. The molecule has 3 nitrogen and oxygen atoms in total. The van der Waals surface area contributed by atoms with E-state index in [-0.39, 0.29) is 12.0 Å². The van der Waals surface area contributed by atoms with Gasteiger partial charge in [-0.05, 0) is 42.5 Å². The van der Waals surface area contributed by atoms with E-state index in [0.29, 0.717) is 10.8 Å². The Morgan fingerprint density at radius 2 is 1.91 bits per heavy atom. The van der Waals surface area contributed by atoms with Gasteiger partial charge in [-0.25, -0.2) is 0 Å². The van der Waals surface area contributed by atoms with Crippen LogP contribution in [0.5, 0.6) is 5.75 Å². The standard InChI is InChI=1S/C19H24ClNO2/c1-14(22)10-17(16-6-4-3-5-7-16)13-21-12-15-8-9-19(23-2)18(20)11-15/h3-9,11,14,17,21-22H,10,12-13H2,1-2H3. The Morgan fingerprint density at radius 3 is 2.52 bits per heavy atom. The van der Waals surface area contributed by atoms with E-state index in [4.69, 9.17) is 16.3 Å². The van der Waals surface area contributed by atoms with E-state index < -0.39 is 0 Å². The van der Waals surface area contributed by atoms with Gasteiger partial charge in [0.25, 0.3) is 0 Å². The van der Waals surface area contributed by atoms with E-state index in [2.05, 4.69) is 17.4 Å². The van der Waals surface area contributed by atoms with Gasteiger partial charge in [-0.15, -0.1) is 0 Å². The molecule has 0 heterocycles. The Kier molecular flexibility index (Phi) is 6.90. The lowest BCUT2D eigenvalue weighted by molar-refractivity contribution is 0.173. The highest BCUT2D eigenvalue weighted by molar-refractivity contribution is 6.32. The predicted octanol–water partition coefficient (Wildman–Crippen LogP) is 3.99. The highest BCUT2D eigenvalue weighted by Crippen LogP contribution is 2.25. The summed E-state index contributed by atoms with van der Waals surface area (Å²) < 4.78 is 5.16. The highest BCUT2D eigenvalue weighted by atomic mass is 35.5. The Hall–Kier alpha value is -1.55. The lowest BCUT2D eigenvalue weighted by atomic mass is 9.93. The van der Waals surface area contributed by atoms with Crippen molar-refractivity contribution < 1.29 is 9.84 Å². The average Bonchev–Trinajstić information content (AvgIpc) is 2.54. The number of aliphatic hydroxyl groups excluding tert-OH is 1. The van der Waals surface area contributed by atoms with Crippen LogP contribution in [0.1, 0.15) is 30.4 Å². The molecule has 0 spiro atoms. The minimum Gasteiger partial charge on any atom is -0.495 e. The Labute approximate surface area is 143 Å². The molecule has 0 bridgehead atoms. The van der Waals surface area contributed by atoms with Gasteiger partial charge in [-0.1, -0.05) is 48.0 Å². The van der Waals surface area contributed by atoms with Crippen LogP contribution >= 0.6 is 11.6 Å². The largest absolute Gasteiger partial charge is 0.495 e. The summed E-state index contributed by atoms with van der Waals surface area (Å²) in [5.41, 5.74) is 2.35. The molecule has 0 fully saturated rings. The van der Waals surface area contributed by atoms with E-state index in [1.165, 1.54) is 5.56 Å². The van der Waals surface area contributed by atoms with Gasteiger partial charge in [0.1, 0.15) is 5.75 Å². The quantitative estimate of drug-likeness (QED) is 0.767. The maximum atomic E-state index is 9.74. The fraction of sp³-hybridized carbons (Fsp3) is 0.368. The lowest BCUT2D eigenvalue weighted by Gasteiger charge is -2.20. The van der Waals surface area contributed by atoms with Gasteiger partial charge in [0.15, 0.2) is 0 Å². The molecule has 0 aliphatic carbocycles. The molecule has 0 radical (unpaired) electrons. The van der Waals surface area contributed by atoms with E-state index in [0.717, 1.165) is 25.1 Å². The monoisotopic (exact) mass is 333 g/mol. The van der Waals surface area contributed by atoms with Gasteiger partial charge in [-0.3, -0.25) is 0 Å². The summed E-state index contributed by atoms with van der Waals surface area (Å²) in [7, 11) is 1.61. The molecule has 23 heavy (non-hydrogen) atoms. The molecule has 0 amide bonds. The van der Waals surface area contributed by atoms with E-state index in [1.54, 1.807) is 7.11 Å². The van der Waals surface area contributed by atoms with Crippen molar-refractivity contribution in [1.82, 2.24) is 5.32 Å². The SMILES string of the molecule is COc1ccc(CNCC(CC(C)O)c2ccccc2)cc1Cl. The molecule has 2 rings (SSSR count). The molecule has 0 saturated heterocycles. The maximum absolute atomic E-state index is 9.74. The molecular formula is C19H24ClNO2. The lowest BCUT2D eigenvalue weighted by Crippen LogP contribution is -2.23. The van der Waals surface area contributed by atoms with Crippen molar-refractivity contribution in [3.63, 3.8) is 0 Å². The second kappa shape index (κ2) is 8.92.